The van der Waals surface area contributed by atoms with Gasteiger partial charge in [0.15, 0.2) is 0 Å². The largest absolute Gasteiger partial charge is 0.382 e. The first-order valence-corrected chi connectivity index (χ1v) is 7.30. The fraction of sp³-hybridized carbons (Fsp3) is 0.643. The van der Waals surface area contributed by atoms with Crippen LogP contribution in [0, 0.1) is 5.92 Å². The summed E-state index contributed by atoms with van der Waals surface area (Å²) in [7, 11) is 0. The molecule has 2 heterocycles. The van der Waals surface area contributed by atoms with E-state index in [-0.39, 0.29) is 18.4 Å². The molecule has 0 unspecified atom stereocenters. The van der Waals surface area contributed by atoms with E-state index in [9.17, 15) is 9.59 Å². The van der Waals surface area contributed by atoms with Gasteiger partial charge in [-0.05, 0) is 12.0 Å². The minimum Gasteiger partial charge on any atom is -0.382 e. The lowest BCUT2D eigenvalue weighted by Crippen LogP contribution is -2.51. The molecule has 1 aliphatic rings. The summed E-state index contributed by atoms with van der Waals surface area (Å²) in [5.41, 5.74) is 5.52. The lowest BCUT2D eigenvalue weighted by Gasteiger charge is -2.35. The van der Waals surface area contributed by atoms with Gasteiger partial charge in [-0.15, -0.1) is 0 Å². The summed E-state index contributed by atoms with van der Waals surface area (Å²) in [4.78, 5) is 27.7. The van der Waals surface area contributed by atoms with Crippen molar-refractivity contribution in [2.75, 3.05) is 31.9 Å². The van der Waals surface area contributed by atoms with Crippen molar-refractivity contribution < 1.29 is 9.59 Å². The Bertz CT molecular complexity index is 503. The van der Waals surface area contributed by atoms with Crippen LogP contribution >= 0.6 is 0 Å². The molecule has 0 bridgehead atoms. The number of amides is 2. The molecule has 1 aliphatic heterocycles. The number of nitrogen functional groups attached to an aromatic ring is 1. The van der Waals surface area contributed by atoms with E-state index in [4.69, 9.17) is 5.73 Å². The Labute approximate surface area is 124 Å². The molecule has 2 rings (SSSR count). The van der Waals surface area contributed by atoms with Gasteiger partial charge in [0, 0.05) is 38.8 Å². The number of carbonyl (C=O) groups excluding carboxylic acids is 2. The molecular formula is C14H23N5O2. The van der Waals surface area contributed by atoms with Gasteiger partial charge in [0.25, 0.3) is 0 Å². The van der Waals surface area contributed by atoms with Gasteiger partial charge >= 0.3 is 0 Å². The van der Waals surface area contributed by atoms with Crippen LogP contribution in [0.3, 0.4) is 0 Å². The fourth-order valence-corrected chi connectivity index (χ4v) is 2.39. The highest BCUT2D eigenvalue weighted by molar-refractivity contribution is 5.78. The lowest BCUT2D eigenvalue weighted by atomic mass is 10.1. The molecule has 21 heavy (non-hydrogen) atoms. The van der Waals surface area contributed by atoms with Gasteiger partial charge in [-0.2, -0.15) is 5.10 Å². The first-order valence-electron chi connectivity index (χ1n) is 7.30. The second-order valence-corrected chi connectivity index (χ2v) is 5.80. The standard InChI is InChI=1S/C14H23N5O2/c1-11(2)9-13(20)17-5-7-18(8-6-17)14(21)10-19-4-3-12(15)16-19/h3-4,11H,5-10H2,1-2H3,(H2,15,16). The molecular weight excluding hydrogens is 270 g/mol. The van der Waals surface area contributed by atoms with E-state index in [0.29, 0.717) is 44.3 Å². The van der Waals surface area contributed by atoms with Crippen LogP contribution < -0.4 is 5.73 Å². The zero-order valence-corrected chi connectivity index (χ0v) is 12.7. The van der Waals surface area contributed by atoms with Gasteiger partial charge in [0.1, 0.15) is 12.4 Å². The maximum Gasteiger partial charge on any atom is 0.244 e. The maximum atomic E-state index is 12.2. The minimum absolute atomic E-state index is 0.00839. The molecule has 0 spiro atoms. The molecule has 1 saturated heterocycles. The third-order valence-electron chi connectivity index (χ3n) is 3.53. The molecule has 1 fully saturated rings. The van der Waals surface area contributed by atoms with Gasteiger partial charge in [-0.1, -0.05) is 13.8 Å². The van der Waals surface area contributed by atoms with E-state index >= 15 is 0 Å². The molecule has 0 atom stereocenters. The summed E-state index contributed by atoms with van der Waals surface area (Å²) in [5.74, 6) is 0.959. The average Bonchev–Trinajstić information content (AvgIpc) is 2.83. The van der Waals surface area contributed by atoms with E-state index in [1.165, 1.54) is 4.68 Å². The number of nitrogens with two attached hydrogens (primary N) is 1. The van der Waals surface area contributed by atoms with Crippen LogP contribution in [0.5, 0.6) is 0 Å². The molecule has 0 radical (unpaired) electrons. The maximum absolute atomic E-state index is 12.2. The Morgan fingerprint density at radius 1 is 1.19 bits per heavy atom. The van der Waals surface area contributed by atoms with Crippen LogP contribution in [0.15, 0.2) is 12.3 Å². The van der Waals surface area contributed by atoms with Crippen molar-refractivity contribution in [3.05, 3.63) is 12.3 Å². The van der Waals surface area contributed by atoms with Gasteiger partial charge in [-0.25, -0.2) is 0 Å². The highest BCUT2D eigenvalue weighted by Gasteiger charge is 2.24. The lowest BCUT2D eigenvalue weighted by molar-refractivity contribution is -0.140. The Hall–Kier alpha value is -2.05. The minimum atomic E-state index is 0.00839. The Kier molecular flexibility index (Phi) is 4.82. The smallest absolute Gasteiger partial charge is 0.244 e. The van der Waals surface area contributed by atoms with Gasteiger partial charge in [-0.3, -0.25) is 14.3 Å². The normalized spacial score (nSPS) is 15.6. The number of hydrogen-bond donors (Lipinski definition) is 1. The summed E-state index contributed by atoms with van der Waals surface area (Å²) in [6.45, 7) is 6.65. The summed E-state index contributed by atoms with van der Waals surface area (Å²) < 4.78 is 1.54. The Balaban J connectivity index is 1.80. The summed E-state index contributed by atoms with van der Waals surface area (Å²) in [5, 5.41) is 4.00. The van der Waals surface area contributed by atoms with E-state index in [0.717, 1.165) is 0 Å². The molecule has 2 N–H and O–H groups in total. The highest BCUT2D eigenvalue weighted by Crippen LogP contribution is 2.09. The molecule has 0 saturated carbocycles. The van der Waals surface area contributed by atoms with Gasteiger partial charge in [0.05, 0.1) is 0 Å². The van der Waals surface area contributed by atoms with Crippen molar-refractivity contribution in [2.24, 2.45) is 5.92 Å². The molecule has 116 valence electrons. The van der Waals surface area contributed by atoms with Crippen LogP contribution in [-0.2, 0) is 16.1 Å². The molecule has 2 amide bonds. The fourth-order valence-electron chi connectivity index (χ4n) is 2.39. The summed E-state index contributed by atoms with van der Waals surface area (Å²) >= 11 is 0. The second-order valence-electron chi connectivity index (χ2n) is 5.80. The molecule has 1 aromatic rings. The molecule has 0 aliphatic carbocycles. The van der Waals surface area contributed by atoms with Crippen molar-refractivity contribution in [2.45, 2.75) is 26.8 Å². The van der Waals surface area contributed by atoms with Crippen LogP contribution in [0.25, 0.3) is 0 Å². The second kappa shape index (κ2) is 6.60. The molecule has 7 heteroatoms. The average molecular weight is 293 g/mol. The number of rotatable bonds is 4. The number of carbonyl (C=O) groups is 2. The quantitative estimate of drug-likeness (QED) is 0.858. The van der Waals surface area contributed by atoms with Crippen molar-refractivity contribution in [3.63, 3.8) is 0 Å². The predicted molar refractivity (Wildman–Crippen MR) is 79.3 cm³/mol. The van der Waals surface area contributed by atoms with Crippen LogP contribution in [0.1, 0.15) is 20.3 Å². The van der Waals surface area contributed by atoms with Crippen molar-refractivity contribution in [3.8, 4) is 0 Å². The van der Waals surface area contributed by atoms with Gasteiger partial charge < -0.3 is 15.5 Å². The van der Waals surface area contributed by atoms with E-state index in [1.54, 1.807) is 17.2 Å². The Morgan fingerprint density at radius 2 is 1.76 bits per heavy atom. The first kappa shape index (κ1) is 15.3. The van der Waals surface area contributed by atoms with Crippen molar-refractivity contribution >= 4 is 17.6 Å². The topological polar surface area (TPSA) is 84.5 Å². The van der Waals surface area contributed by atoms with E-state index in [1.807, 2.05) is 18.7 Å². The van der Waals surface area contributed by atoms with Crippen LogP contribution in [0.2, 0.25) is 0 Å². The summed E-state index contributed by atoms with van der Waals surface area (Å²) in [6, 6.07) is 1.66. The monoisotopic (exact) mass is 293 g/mol. The molecule has 7 nitrogen and oxygen atoms in total. The molecule has 0 aromatic carbocycles. The number of aromatic nitrogens is 2. The number of nitrogens with zero attached hydrogens (tertiary/aromatic N) is 4. The zero-order valence-electron chi connectivity index (χ0n) is 12.7. The predicted octanol–water partition coefficient (Wildman–Crippen LogP) is 0.182. The van der Waals surface area contributed by atoms with Crippen molar-refractivity contribution in [1.82, 2.24) is 19.6 Å². The SMILES string of the molecule is CC(C)CC(=O)N1CCN(C(=O)Cn2ccc(N)n2)CC1. The summed E-state index contributed by atoms with van der Waals surface area (Å²) in [6.07, 6.45) is 2.26. The first-order chi connectivity index (χ1) is 9.95. The van der Waals surface area contributed by atoms with Crippen LogP contribution in [-0.4, -0.2) is 57.6 Å². The van der Waals surface area contributed by atoms with Crippen LogP contribution in [0.4, 0.5) is 5.82 Å². The number of anilines is 1. The Morgan fingerprint density at radius 3 is 2.24 bits per heavy atom. The number of hydrogen-bond acceptors (Lipinski definition) is 4. The van der Waals surface area contributed by atoms with E-state index < -0.39 is 0 Å². The van der Waals surface area contributed by atoms with E-state index in [2.05, 4.69) is 5.10 Å². The third kappa shape index (κ3) is 4.21. The number of piperazine rings is 1. The van der Waals surface area contributed by atoms with Crippen molar-refractivity contribution in [1.29, 1.82) is 0 Å². The molecule has 1 aromatic heterocycles. The third-order valence-corrected chi connectivity index (χ3v) is 3.53. The highest BCUT2D eigenvalue weighted by atomic mass is 16.2. The zero-order chi connectivity index (χ0) is 15.4. The van der Waals surface area contributed by atoms with Gasteiger partial charge in [0.2, 0.25) is 11.8 Å².